The van der Waals surface area contributed by atoms with E-state index in [2.05, 4.69) is 21.5 Å². The highest BCUT2D eigenvalue weighted by Gasteiger charge is 2.34. The van der Waals surface area contributed by atoms with Gasteiger partial charge in [-0.1, -0.05) is 6.07 Å². The SMILES string of the molecule is CSCCCN1C[C@@H](C(=O)O)C[C@H](C(=O)NCc2ccccn2)C1. The fourth-order valence-corrected chi connectivity index (χ4v) is 3.42. The molecule has 1 aromatic heterocycles. The lowest BCUT2D eigenvalue weighted by Crippen LogP contribution is -2.48. The molecule has 0 radical (unpaired) electrons. The molecule has 2 rings (SSSR count). The quantitative estimate of drug-likeness (QED) is 0.690. The van der Waals surface area contributed by atoms with Crippen LogP contribution in [0.5, 0.6) is 0 Å². The number of carboxylic acid groups (broad SMARTS) is 1. The maximum Gasteiger partial charge on any atom is 0.307 e. The van der Waals surface area contributed by atoms with Crippen molar-refractivity contribution in [3.05, 3.63) is 30.1 Å². The molecule has 0 unspecified atom stereocenters. The zero-order valence-corrected chi connectivity index (χ0v) is 14.8. The van der Waals surface area contributed by atoms with E-state index in [0.717, 1.165) is 24.4 Å². The first-order valence-corrected chi connectivity index (χ1v) is 9.61. The third-order valence-electron chi connectivity index (χ3n) is 4.24. The molecule has 1 aliphatic rings. The second-order valence-corrected chi connectivity index (χ2v) is 7.10. The number of thioether (sulfide) groups is 1. The Bertz CT molecular complexity index is 541. The molecule has 1 fully saturated rings. The Morgan fingerprint density at radius 2 is 2.17 bits per heavy atom. The van der Waals surface area contributed by atoms with Crippen molar-refractivity contribution >= 4 is 23.6 Å². The normalized spacial score (nSPS) is 21.4. The van der Waals surface area contributed by atoms with E-state index in [1.807, 2.05) is 18.2 Å². The lowest BCUT2D eigenvalue weighted by molar-refractivity contribution is -0.145. The van der Waals surface area contributed by atoms with Crippen LogP contribution in [-0.4, -0.2) is 58.5 Å². The Labute approximate surface area is 147 Å². The van der Waals surface area contributed by atoms with Crippen LogP contribution in [-0.2, 0) is 16.1 Å². The molecule has 0 aromatic carbocycles. The number of rotatable bonds is 8. The van der Waals surface area contributed by atoms with E-state index in [0.29, 0.717) is 26.1 Å². The molecule has 0 saturated carbocycles. The average Bonchev–Trinajstić information content (AvgIpc) is 2.60. The maximum absolute atomic E-state index is 12.5. The van der Waals surface area contributed by atoms with Crippen molar-refractivity contribution in [2.75, 3.05) is 31.6 Å². The maximum atomic E-state index is 12.5. The van der Waals surface area contributed by atoms with Gasteiger partial charge in [0.1, 0.15) is 0 Å². The second-order valence-electron chi connectivity index (χ2n) is 6.11. The summed E-state index contributed by atoms with van der Waals surface area (Å²) in [6, 6.07) is 5.56. The van der Waals surface area contributed by atoms with Crippen LogP contribution in [0, 0.1) is 11.8 Å². The van der Waals surface area contributed by atoms with Gasteiger partial charge in [0, 0.05) is 19.3 Å². The lowest BCUT2D eigenvalue weighted by atomic mass is 9.88. The summed E-state index contributed by atoms with van der Waals surface area (Å²) in [7, 11) is 0. The highest BCUT2D eigenvalue weighted by molar-refractivity contribution is 7.98. The standard InChI is InChI=1S/C17H25N3O3S/c1-24-8-4-7-20-11-13(9-14(12-20)17(22)23)16(21)19-10-15-5-2-3-6-18-15/h2-3,5-6,13-14H,4,7-12H2,1H3,(H,19,21)(H,22,23)/t13-,14-/m0/s1. The Hall–Kier alpha value is -1.60. The van der Waals surface area contributed by atoms with Crippen molar-refractivity contribution < 1.29 is 14.7 Å². The topological polar surface area (TPSA) is 82.5 Å². The van der Waals surface area contributed by atoms with Gasteiger partial charge < -0.3 is 15.3 Å². The van der Waals surface area contributed by atoms with E-state index in [1.54, 1.807) is 18.0 Å². The lowest BCUT2D eigenvalue weighted by Gasteiger charge is -2.35. The van der Waals surface area contributed by atoms with Gasteiger partial charge in [-0.05, 0) is 43.5 Å². The Balaban J connectivity index is 1.90. The molecule has 24 heavy (non-hydrogen) atoms. The number of nitrogens with one attached hydrogen (secondary N) is 1. The largest absolute Gasteiger partial charge is 0.481 e. The number of aromatic nitrogens is 1. The minimum atomic E-state index is -0.813. The van der Waals surface area contributed by atoms with Crippen molar-refractivity contribution in [3.63, 3.8) is 0 Å². The monoisotopic (exact) mass is 351 g/mol. The Morgan fingerprint density at radius 3 is 2.83 bits per heavy atom. The van der Waals surface area contributed by atoms with Gasteiger partial charge in [-0.2, -0.15) is 11.8 Å². The number of hydrogen-bond donors (Lipinski definition) is 2. The zero-order chi connectivity index (χ0) is 17.4. The average molecular weight is 351 g/mol. The van der Waals surface area contributed by atoms with Crippen LogP contribution in [0.3, 0.4) is 0 Å². The van der Waals surface area contributed by atoms with Crippen LogP contribution >= 0.6 is 11.8 Å². The van der Waals surface area contributed by atoms with Crippen molar-refractivity contribution in [1.29, 1.82) is 0 Å². The molecule has 0 spiro atoms. The number of likely N-dealkylation sites (tertiary alicyclic amines) is 1. The molecule has 0 aliphatic carbocycles. The van der Waals surface area contributed by atoms with E-state index in [1.165, 1.54) is 0 Å². The van der Waals surface area contributed by atoms with Gasteiger partial charge in [-0.25, -0.2) is 0 Å². The molecule has 7 heteroatoms. The molecule has 132 valence electrons. The van der Waals surface area contributed by atoms with Gasteiger partial charge in [0.15, 0.2) is 0 Å². The number of pyridine rings is 1. The summed E-state index contributed by atoms with van der Waals surface area (Å²) in [5.74, 6) is -0.602. The van der Waals surface area contributed by atoms with Gasteiger partial charge in [0.05, 0.1) is 24.1 Å². The van der Waals surface area contributed by atoms with Crippen LogP contribution in [0.15, 0.2) is 24.4 Å². The Morgan fingerprint density at radius 1 is 1.38 bits per heavy atom. The van der Waals surface area contributed by atoms with Crippen molar-refractivity contribution in [1.82, 2.24) is 15.2 Å². The summed E-state index contributed by atoms with van der Waals surface area (Å²) >= 11 is 1.78. The number of carbonyl (C=O) groups is 2. The molecular weight excluding hydrogens is 326 g/mol. The number of carbonyl (C=O) groups excluding carboxylic acids is 1. The Kier molecular flexibility index (Phi) is 7.52. The van der Waals surface area contributed by atoms with Gasteiger partial charge in [0.2, 0.25) is 5.91 Å². The molecule has 1 saturated heterocycles. The number of hydrogen-bond acceptors (Lipinski definition) is 5. The van der Waals surface area contributed by atoms with Crippen LogP contribution in [0.2, 0.25) is 0 Å². The van der Waals surface area contributed by atoms with Gasteiger partial charge >= 0.3 is 5.97 Å². The van der Waals surface area contributed by atoms with Crippen LogP contribution in [0.4, 0.5) is 0 Å². The number of aliphatic carboxylic acids is 1. The summed E-state index contributed by atoms with van der Waals surface area (Å²) in [4.78, 5) is 30.2. The van der Waals surface area contributed by atoms with Crippen LogP contribution < -0.4 is 5.32 Å². The van der Waals surface area contributed by atoms with Crippen molar-refractivity contribution in [3.8, 4) is 0 Å². The summed E-state index contributed by atoms with van der Waals surface area (Å²) < 4.78 is 0. The van der Waals surface area contributed by atoms with E-state index >= 15 is 0 Å². The molecule has 6 nitrogen and oxygen atoms in total. The zero-order valence-electron chi connectivity index (χ0n) is 14.0. The summed E-state index contributed by atoms with van der Waals surface area (Å²) in [5.41, 5.74) is 0.799. The summed E-state index contributed by atoms with van der Waals surface area (Å²) in [5, 5.41) is 12.3. The molecule has 0 bridgehead atoms. The number of piperidine rings is 1. The first-order chi connectivity index (χ1) is 11.6. The minimum absolute atomic E-state index is 0.0820. The predicted molar refractivity (Wildman–Crippen MR) is 94.8 cm³/mol. The number of carboxylic acids is 1. The summed E-state index contributed by atoms with van der Waals surface area (Å²) in [6.45, 7) is 2.38. The van der Waals surface area contributed by atoms with Crippen molar-refractivity contribution in [2.45, 2.75) is 19.4 Å². The van der Waals surface area contributed by atoms with Gasteiger partial charge in [0.25, 0.3) is 0 Å². The number of amides is 1. The summed E-state index contributed by atoms with van der Waals surface area (Å²) in [6.07, 6.45) is 5.17. The molecule has 2 N–H and O–H groups in total. The van der Waals surface area contributed by atoms with Gasteiger partial charge in [-0.15, -0.1) is 0 Å². The minimum Gasteiger partial charge on any atom is -0.481 e. The molecule has 1 amide bonds. The first-order valence-electron chi connectivity index (χ1n) is 8.22. The number of nitrogens with zero attached hydrogens (tertiary/aromatic N) is 2. The molecule has 1 aliphatic heterocycles. The second kappa shape index (κ2) is 9.64. The van der Waals surface area contributed by atoms with E-state index < -0.39 is 11.9 Å². The first kappa shape index (κ1) is 18.7. The van der Waals surface area contributed by atoms with E-state index in [-0.39, 0.29) is 11.8 Å². The highest BCUT2D eigenvalue weighted by Crippen LogP contribution is 2.23. The molecular formula is C17H25N3O3S. The van der Waals surface area contributed by atoms with Crippen molar-refractivity contribution in [2.24, 2.45) is 11.8 Å². The van der Waals surface area contributed by atoms with Crippen LogP contribution in [0.1, 0.15) is 18.5 Å². The fourth-order valence-electron chi connectivity index (χ4n) is 3.00. The fraction of sp³-hybridized carbons (Fsp3) is 0.588. The third-order valence-corrected chi connectivity index (χ3v) is 4.94. The highest BCUT2D eigenvalue weighted by atomic mass is 32.2. The molecule has 2 heterocycles. The van der Waals surface area contributed by atoms with Gasteiger partial charge in [-0.3, -0.25) is 14.6 Å². The van der Waals surface area contributed by atoms with E-state index in [4.69, 9.17) is 0 Å². The van der Waals surface area contributed by atoms with Crippen LogP contribution in [0.25, 0.3) is 0 Å². The van der Waals surface area contributed by atoms with E-state index in [9.17, 15) is 14.7 Å². The molecule has 2 atom stereocenters. The smallest absolute Gasteiger partial charge is 0.307 e. The third kappa shape index (κ3) is 5.79. The molecule has 1 aromatic rings. The predicted octanol–water partition coefficient (Wildman–Crippen LogP) is 1.47.